The Labute approximate surface area is 194 Å². The summed E-state index contributed by atoms with van der Waals surface area (Å²) in [5.74, 6) is -1.20. The monoisotopic (exact) mass is 456 g/mol. The van der Waals surface area contributed by atoms with E-state index in [4.69, 9.17) is 9.47 Å². The third kappa shape index (κ3) is 9.33. The molecule has 0 heterocycles. The van der Waals surface area contributed by atoms with Crippen LogP contribution in [0.3, 0.4) is 0 Å². The van der Waals surface area contributed by atoms with E-state index in [-0.39, 0.29) is 19.1 Å². The molecule has 0 unspecified atom stereocenters. The molecular formula is C25H32N2O6. The van der Waals surface area contributed by atoms with Crippen molar-refractivity contribution >= 4 is 18.0 Å². The van der Waals surface area contributed by atoms with E-state index in [0.717, 1.165) is 11.1 Å². The number of nitrogens with one attached hydrogen (secondary N) is 2. The van der Waals surface area contributed by atoms with Crippen LogP contribution >= 0.6 is 0 Å². The number of esters is 1. The summed E-state index contributed by atoms with van der Waals surface area (Å²) in [4.78, 5) is 37.6. The molecule has 2 aromatic carbocycles. The van der Waals surface area contributed by atoms with Crippen molar-refractivity contribution in [1.82, 2.24) is 10.6 Å². The number of ether oxygens (including phenoxy) is 2. The summed E-state index contributed by atoms with van der Waals surface area (Å²) in [7, 11) is 0. The number of rotatable bonds is 11. The molecule has 0 aliphatic carbocycles. The third-order valence-corrected chi connectivity index (χ3v) is 4.78. The number of hydrogen-bond donors (Lipinski definition) is 3. The fourth-order valence-corrected chi connectivity index (χ4v) is 3.07. The van der Waals surface area contributed by atoms with Gasteiger partial charge < -0.3 is 25.2 Å². The maximum atomic E-state index is 12.8. The first-order chi connectivity index (χ1) is 15.8. The first kappa shape index (κ1) is 25.9. The Morgan fingerprint density at radius 3 is 1.82 bits per heavy atom. The summed E-state index contributed by atoms with van der Waals surface area (Å²) >= 11 is 0. The second-order valence-electron chi connectivity index (χ2n) is 8.21. The van der Waals surface area contributed by atoms with Gasteiger partial charge in [-0.1, -0.05) is 74.5 Å². The lowest BCUT2D eigenvalue weighted by Crippen LogP contribution is -2.56. The minimum atomic E-state index is -1.30. The fraction of sp³-hybridized carbons (Fsp3) is 0.400. The van der Waals surface area contributed by atoms with Gasteiger partial charge in [0.05, 0.1) is 6.10 Å². The van der Waals surface area contributed by atoms with Crippen LogP contribution in [0.15, 0.2) is 60.7 Å². The van der Waals surface area contributed by atoms with Crippen molar-refractivity contribution in [2.75, 3.05) is 0 Å². The molecule has 0 bridgehead atoms. The zero-order valence-corrected chi connectivity index (χ0v) is 19.2. The number of alkyl carbamates (subject to hydrolysis) is 1. The van der Waals surface area contributed by atoms with Crippen LogP contribution in [0.4, 0.5) is 4.79 Å². The predicted octanol–water partition coefficient (Wildman–Crippen LogP) is 2.94. The fourth-order valence-electron chi connectivity index (χ4n) is 3.07. The van der Waals surface area contributed by atoms with Gasteiger partial charge in [-0.2, -0.15) is 0 Å². The van der Waals surface area contributed by atoms with E-state index in [1.165, 1.54) is 6.92 Å². The molecule has 8 heteroatoms. The number of hydrogen-bond acceptors (Lipinski definition) is 6. The normalized spacial score (nSPS) is 13.5. The van der Waals surface area contributed by atoms with E-state index >= 15 is 0 Å². The maximum absolute atomic E-state index is 12.8. The lowest BCUT2D eigenvalue weighted by atomic mass is 10.0. The van der Waals surface area contributed by atoms with Crippen LogP contribution in [0, 0.1) is 5.92 Å². The molecule has 3 atom stereocenters. The van der Waals surface area contributed by atoms with Gasteiger partial charge in [-0.25, -0.2) is 9.59 Å². The van der Waals surface area contributed by atoms with Crippen LogP contribution in [-0.4, -0.2) is 41.3 Å². The summed E-state index contributed by atoms with van der Waals surface area (Å²) in [6.07, 6.45) is -1.73. The smallest absolute Gasteiger partial charge is 0.408 e. The van der Waals surface area contributed by atoms with Crippen LogP contribution in [0.2, 0.25) is 0 Å². The first-order valence-corrected chi connectivity index (χ1v) is 10.9. The Morgan fingerprint density at radius 1 is 0.818 bits per heavy atom. The van der Waals surface area contributed by atoms with E-state index < -0.39 is 36.2 Å². The number of carbonyl (C=O) groups excluding carboxylic acids is 3. The Bertz CT molecular complexity index is 886. The summed E-state index contributed by atoms with van der Waals surface area (Å²) in [6, 6.07) is 16.0. The van der Waals surface area contributed by atoms with Gasteiger partial charge in [0, 0.05) is 0 Å². The molecule has 0 aliphatic rings. The maximum Gasteiger partial charge on any atom is 0.408 e. The lowest BCUT2D eigenvalue weighted by molar-refractivity contribution is -0.150. The second-order valence-corrected chi connectivity index (χ2v) is 8.21. The number of amides is 2. The van der Waals surface area contributed by atoms with Gasteiger partial charge >= 0.3 is 12.1 Å². The van der Waals surface area contributed by atoms with E-state index in [2.05, 4.69) is 10.6 Å². The molecule has 0 radical (unpaired) electrons. The van der Waals surface area contributed by atoms with Crippen molar-refractivity contribution in [3.8, 4) is 0 Å². The molecule has 0 aliphatic heterocycles. The average molecular weight is 457 g/mol. The van der Waals surface area contributed by atoms with Gasteiger partial charge in [0.2, 0.25) is 5.91 Å². The van der Waals surface area contributed by atoms with Crippen molar-refractivity contribution in [3.63, 3.8) is 0 Å². The molecule has 0 fully saturated rings. The highest BCUT2D eigenvalue weighted by Crippen LogP contribution is 2.10. The van der Waals surface area contributed by atoms with Crippen LogP contribution < -0.4 is 10.6 Å². The number of benzene rings is 2. The molecule has 2 amide bonds. The summed E-state index contributed by atoms with van der Waals surface area (Å²) < 4.78 is 10.5. The van der Waals surface area contributed by atoms with Crippen molar-refractivity contribution in [2.45, 2.75) is 58.6 Å². The van der Waals surface area contributed by atoms with Crippen LogP contribution in [-0.2, 0) is 32.3 Å². The van der Waals surface area contributed by atoms with E-state index in [1.54, 1.807) is 12.1 Å². The number of aliphatic hydroxyl groups excluding tert-OH is 1. The van der Waals surface area contributed by atoms with E-state index in [0.29, 0.717) is 6.42 Å². The molecule has 2 rings (SSSR count). The Hall–Kier alpha value is -3.39. The van der Waals surface area contributed by atoms with Gasteiger partial charge in [0.1, 0.15) is 25.3 Å². The van der Waals surface area contributed by atoms with E-state index in [9.17, 15) is 19.5 Å². The Morgan fingerprint density at radius 2 is 1.33 bits per heavy atom. The zero-order valence-electron chi connectivity index (χ0n) is 19.2. The number of aliphatic hydroxyl groups is 1. The standard InChI is InChI=1S/C25H32N2O6/c1-17(2)14-21(24(30)32-15-19-10-6-4-7-11-19)26-23(29)22(18(3)28)27-25(31)33-16-20-12-8-5-9-13-20/h4-13,17-18,21-22,28H,14-16H2,1-3H3,(H,26,29)(H,27,31)/t18-,21+,22+/m1/s1. The third-order valence-electron chi connectivity index (χ3n) is 4.78. The summed E-state index contributed by atoms with van der Waals surface area (Å²) in [6.45, 7) is 5.29. The molecule has 8 nitrogen and oxygen atoms in total. The van der Waals surface area contributed by atoms with Gasteiger partial charge in [-0.3, -0.25) is 4.79 Å². The molecule has 0 aromatic heterocycles. The SMILES string of the molecule is CC(C)C[C@H](NC(=O)[C@@H](NC(=O)OCc1ccccc1)[C@@H](C)O)C(=O)OCc1ccccc1. The van der Waals surface area contributed by atoms with Crippen LogP contribution in [0.5, 0.6) is 0 Å². The summed E-state index contributed by atoms with van der Waals surface area (Å²) in [5.41, 5.74) is 1.61. The van der Waals surface area contributed by atoms with Crippen LogP contribution in [0.25, 0.3) is 0 Å². The van der Waals surface area contributed by atoms with Crippen LogP contribution in [0.1, 0.15) is 38.3 Å². The largest absolute Gasteiger partial charge is 0.459 e. The van der Waals surface area contributed by atoms with Gasteiger partial charge in [-0.05, 0) is 30.4 Å². The molecule has 178 valence electrons. The van der Waals surface area contributed by atoms with Crippen molar-refractivity contribution in [1.29, 1.82) is 0 Å². The molecular weight excluding hydrogens is 424 g/mol. The average Bonchev–Trinajstić information content (AvgIpc) is 2.80. The quantitative estimate of drug-likeness (QED) is 0.448. The lowest BCUT2D eigenvalue weighted by Gasteiger charge is -2.25. The minimum absolute atomic E-state index is 0.0165. The number of carbonyl (C=O) groups is 3. The highest BCUT2D eigenvalue weighted by Gasteiger charge is 2.31. The molecule has 3 N–H and O–H groups in total. The van der Waals surface area contributed by atoms with Crippen molar-refractivity contribution in [2.24, 2.45) is 5.92 Å². The molecule has 33 heavy (non-hydrogen) atoms. The van der Waals surface area contributed by atoms with Gasteiger partial charge in [0.15, 0.2) is 0 Å². The van der Waals surface area contributed by atoms with Crippen molar-refractivity contribution < 1.29 is 29.0 Å². The Kier molecular flexibility index (Phi) is 10.4. The Balaban J connectivity index is 1.96. The molecule has 2 aromatic rings. The topological polar surface area (TPSA) is 114 Å². The minimum Gasteiger partial charge on any atom is -0.459 e. The predicted molar refractivity (Wildman–Crippen MR) is 123 cm³/mol. The second kappa shape index (κ2) is 13.2. The van der Waals surface area contributed by atoms with Gasteiger partial charge in [-0.15, -0.1) is 0 Å². The first-order valence-electron chi connectivity index (χ1n) is 10.9. The van der Waals surface area contributed by atoms with Gasteiger partial charge in [0.25, 0.3) is 0 Å². The summed E-state index contributed by atoms with van der Waals surface area (Å²) in [5, 5.41) is 15.0. The highest BCUT2D eigenvalue weighted by molar-refractivity contribution is 5.90. The molecule has 0 spiro atoms. The van der Waals surface area contributed by atoms with E-state index in [1.807, 2.05) is 62.4 Å². The highest BCUT2D eigenvalue weighted by atomic mass is 16.5. The van der Waals surface area contributed by atoms with Crippen molar-refractivity contribution in [3.05, 3.63) is 71.8 Å². The molecule has 0 saturated heterocycles. The molecule has 0 saturated carbocycles. The zero-order chi connectivity index (χ0) is 24.2.